The van der Waals surface area contributed by atoms with Gasteiger partial charge in [-0.3, -0.25) is 0 Å². The van der Waals surface area contributed by atoms with Crippen LogP contribution in [0.3, 0.4) is 0 Å². The second-order valence-corrected chi connectivity index (χ2v) is 6.04. The molecule has 4 unspecified atom stereocenters. The third kappa shape index (κ3) is 1.53. The van der Waals surface area contributed by atoms with Crippen LogP contribution in [0.15, 0.2) is 0 Å². The van der Waals surface area contributed by atoms with Gasteiger partial charge in [0.25, 0.3) is 0 Å². The van der Waals surface area contributed by atoms with Crippen molar-refractivity contribution in [3.05, 3.63) is 0 Å². The maximum absolute atomic E-state index is 2.41. The largest absolute Gasteiger partial charge is 0.0625 e. The Morgan fingerprint density at radius 1 is 0.692 bits per heavy atom. The molecule has 0 heteroatoms. The van der Waals surface area contributed by atoms with E-state index in [1.165, 1.54) is 0 Å². The lowest BCUT2D eigenvalue weighted by Gasteiger charge is -2.32. The lowest BCUT2D eigenvalue weighted by Crippen LogP contribution is -2.24. The molecular weight excluding hydrogens is 156 g/mol. The Labute approximate surface area is 83.1 Å². The van der Waals surface area contributed by atoms with Crippen LogP contribution in [0, 0.1) is 35.5 Å². The van der Waals surface area contributed by atoms with E-state index >= 15 is 0 Å². The van der Waals surface area contributed by atoms with Crippen LogP contribution in [0.5, 0.6) is 0 Å². The van der Waals surface area contributed by atoms with Crippen LogP contribution >= 0.6 is 0 Å². The Morgan fingerprint density at radius 2 is 1.08 bits per heavy atom. The van der Waals surface area contributed by atoms with Crippen molar-refractivity contribution in [1.82, 2.24) is 0 Å². The summed E-state index contributed by atoms with van der Waals surface area (Å²) in [6.45, 7) is 9.65. The van der Waals surface area contributed by atoms with Gasteiger partial charge in [0.1, 0.15) is 0 Å². The lowest BCUT2D eigenvalue weighted by atomic mass is 9.73. The molecule has 0 aromatic heterocycles. The highest BCUT2D eigenvalue weighted by atomic mass is 14.5. The Bertz CT molecular complexity index is 160. The van der Waals surface area contributed by atoms with Crippen LogP contribution in [0.1, 0.15) is 47.0 Å². The maximum atomic E-state index is 2.41. The zero-order valence-electron chi connectivity index (χ0n) is 9.59. The third-order valence-corrected chi connectivity index (χ3v) is 4.68. The summed E-state index contributed by atoms with van der Waals surface area (Å²) in [7, 11) is 0. The number of fused-ring (bicyclic) bond motifs is 2. The molecule has 0 aromatic rings. The van der Waals surface area contributed by atoms with Gasteiger partial charge in [0, 0.05) is 0 Å². The minimum atomic E-state index is 0.933. The van der Waals surface area contributed by atoms with Crippen LogP contribution < -0.4 is 0 Å². The van der Waals surface area contributed by atoms with E-state index in [-0.39, 0.29) is 0 Å². The zero-order chi connectivity index (χ0) is 9.59. The first-order valence-corrected chi connectivity index (χ1v) is 6.09. The van der Waals surface area contributed by atoms with Gasteiger partial charge in [0.05, 0.1) is 0 Å². The Morgan fingerprint density at radius 3 is 1.31 bits per heavy atom. The van der Waals surface area contributed by atoms with E-state index < -0.39 is 0 Å². The van der Waals surface area contributed by atoms with Gasteiger partial charge in [0.2, 0.25) is 0 Å². The van der Waals surface area contributed by atoms with E-state index in [0.717, 1.165) is 35.5 Å². The van der Waals surface area contributed by atoms with Crippen molar-refractivity contribution in [1.29, 1.82) is 0 Å². The summed E-state index contributed by atoms with van der Waals surface area (Å²) in [5.41, 5.74) is 0. The SMILES string of the molecule is CC(C)C1CC2CC1CC2C(C)C. The van der Waals surface area contributed by atoms with Gasteiger partial charge in [-0.1, -0.05) is 27.7 Å². The molecule has 0 N–H and O–H groups in total. The summed E-state index contributed by atoms with van der Waals surface area (Å²) < 4.78 is 0. The molecule has 0 radical (unpaired) electrons. The molecule has 2 bridgehead atoms. The Balaban J connectivity index is 1.99. The van der Waals surface area contributed by atoms with Crippen molar-refractivity contribution in [2.75, 3.05) is 0 Å². The van der Waals surface area contributed by atoms with E-state index in [1.54, 1.807) is 19.3 Å². The highest BCUT2D eigenvalue weighted by Crippen LogP contribution is 2.55. The van der Waals surface area contributed by atoms with E-state index in [4.69, 9.17) is 0 Å². The number of hydrogen-bond donors (Lipinski definition) is 0. The molecule has 2 aliphatic rings. The predicted octanol–water partition coefficient (Wildman–Crippen LogP) is 3.96. The van der Waals surface area contributed by atoms with Crippen molar-refractivity contribution >= 4 is 0 Å². The molecule has 0 aromatic carbocycles. The summed E-state index contributed by atoms with van der Waals surface area (Å²) in [6.07, 6.45) is 4.65. The molecule has 4 atom stereocenters. The summed E-state index contributed by atoms with van der Waals surface area (Å²) in [5, 5.41) is 0. The summed E-state index contributed by atoms with van der Waals surface area (Å²) in [5.74, 6) is 6.20. The van der Waals surface area contributed by atoms with Gasteiger partial charge in [-0.15, -0.1) is 0 Å². The molecule has 0 amide bonds. The molecule has 76 valence electrons. The minimum absolute atomic E-state index is 0.933. The minimum Gasteiger partial charge on any atom is -0.0625 e. The fraction of sp³-hybridized carbons (Fsp3) is 1.00. The van der Waals surface area contributed by atoms with Crippen LogP contribution in [-0.2, 0) is 0 Å². The van der Waals surface area contributed by atoms with E-state index in [2.05, 4.69) is 27.7 Å². The number of rotatable bonds is 2. The first kappa shape index (κ1) is 9.55. The fourth-order valence-corrected chi connectivity index (χ4v) is 4.00. The molecule has 13 heavy (non-hydrogen) atoms. The van der Waals surface area contributed by atoms with Gasteiger partial charge in [-0.05, 0) is 54.8 Å². The van der Waals surface area contributed by atoms with Crippen molar-refractivity contribution < 1.29 is 0 Å². The quantitative estimate of drug-likeness (QED) is 0.603. The van der Waals surface area contributed by atoms with Crippen LogP contribution in [-0.4, -0.2) is 0 Å². The van der Waals surface area contributed by atoms with Gasteiger partial charge in [-0.25, -0.2) is 0 Å². The van der Waals surface area contributed by atoms with Crippen LogP contribution in [0.4, 0.5) is 0 Å². The summed E-state index contributed by atoms with van der Waals surface area (Å²) in [6, 6.07) is 0. The van der Waals surface area contributed by atoms with Crippen molar-refractivity contribution in [2.45, 2.75) is 47.0 Å². The highest BCUT2D eigenvalue weighted by molar-refractivity contribution is 4.96. The van der Waals surface area contributed by atoms with E-state index in [0.29, 0.717) is 0 Å². The Kier molecular flexibility index (Phi) is 2.42. The standard InChI is InChI=1S/C13H24/c1-8(2)12-6-11-5-10(12)7-13(11)9(3)4/h8-13H,5-7H2,1-4H3. The van der Waals surface area contributed by atoms with Gasteiger partial charge < -0.3 is 0 Å². The first-order chi connectivity index (χ1) is 6.09. The van der Waals surface area contributed by atoms with E-state index in [1.807, 2.05) is 0 Å². The highest BCUT2D eigenvalue weighted by Gasteiger charge is 2.46. The lowest BCUT2D eigenvalue weighted by molar-refractivity contribution is 0.175. The van der Waals surface area contributed by atoms with Gasteiger partial charge in [-0.2, -0.15) is 0 Å². The van der Waals surface area contributed by atoms with Crippen LogP contribution in [0.2, 0.25) is 0 Å². The molecule has 0 heterocycles. The van der Waals surface area contributed by atoms with Crippen molar-refractivity contribution in [3.8, 4) is 0 Å². The molecule has 0 saturated heterocycles. The molecular formula is C13H24. The van der Waals surface area contributed by atoms with Gasteiger partial charge in [0.15, 0.2) is 0 Å². The van der Waals surface area contributed by atoms with Crippen molar-refractivity contribution in [2.24, 2.45) is 35.5 Å². The maximum Gasteiger partial charge on any atom is -0.0360 e. The molecule has 0 spiro atoms. The van der Waals surface area contributed by atoms with Crippen LogP contribution in [0.25, 0.3) is 0 Å². The Hall–Kier alpha value is 0. The number of hydrogen-bond acceptors (Lipinski definition) is 0. The zero-order valence-corrected chi connectivity index (χ0v) is 9.59. The third-order valence-electron chi connectivity index (χ3n) is 4.68. The van der Waals surface area contributed by atoms with E-state index in [9.17, 15) is 0 Å². The van der Waals surface area contributed by atoms with Crippen molar-refractivity contribution in [3.63, 3.8) is 0 Å². The molecule has 2 fully saturated rings. The second kappa shape index (κ2) is 3.29. The predicted molar refractivity (Wildman–Crippen MR) is 57.5 cm³/mol. The first-order valence-electron chi connectivity index (χ1n) is 6.09. The second-order valence-electron chi connectivity index (χ2n) is 6.04. The summed E-state index contributed by atoms with van der Waals surface area (Å²) in [4.78, 5) is 0. The topological polar surface area (TPSA) is 0 Å². The average molecular weight is 180 g/mol. The monoisotopic (exact) mass is 180 g/mol. The summed E-state index contributed by atoms with van der Waals surface area (Å²) >= 11 is 0. The molecule has 2 rings (SSSR count). The molecule has 0 nitrogen and oxygen atoms in total. The molecule has 2 saturated carbocycles. The molecule has 0 aliphatic heterocycles. The smallest absolute Gasteiger partial charge is 0.0360 e. The van der Waals surface area contributed by atoms with Gasteiger partial charge >= 0.3 is 0 Å². The normalized spacial score (nSPS) is 43.8. The average Bonchev–Trinajstić information content (AvgIpc) is 2.60. The molecule has 2 aliphatic carbocycles. The fourth-order valence-electron chi connectivity index (χ4n) is 4.00.